The maximum Gasteiger partial charge on any atom is 0.338 e. The lowest BCUT2D eigenvalue weighted by atomic mass is 9.97. The van der Waals surface area contributed by atoms with E-state index < -0.39 is 12.1 Å². The molecule has 2 fully saturated rings. The van der Waals surface area contributed by atoms with Crippen LogP contribution in [0.25, 0.3) is 10.1 Å². The van der Waals surface area contributed by atoms with Crippen molar-refractivity contribution in [2.24, 2.45) is 5.92 Å². The molecule has 0 radical (unpaired) electrons. The van der Waals surface area contributed by atoms with E-state index in [1.165, 1.54) is 11.3 Å². The fraction of sp³-hybridized carbons (Fsp3) is 0.240. The van der Waals surface area contributed by atoms with Gasteiger partial charge < -0.3 is 9.47 Å². The second kappa shape index (κ2) is 8.12. The molecule has 3 aromatic rings. The van der Waals surface area contributed by atoms with E-state index in [1.807, 2.05) is 42.5 Å². The quantitative estimate of drug-likeness (QED) is 0.324. The molecule has 5 nitrogen and oxygen atoms in total. The van der Waals surface area contributed by atoms with Crippen molar-refractivity contribution in [2.75, 3.05) is 0 Å². The Morgan fingerprint density at radius 3 is 2.68 bits per heavy atom. The predicted molar refractivity (Wildman–Crippen MR) is 117 cm³/mol. The monoisotopic (exact) mass is 432 g/mol. The fourth-order valence-electron chi connectivity index (χ4n) is 4.34. The van der Waals surface area contributed by atoms with Crippen molar-refractivity contribution in [3.05, 3.63) is 82.8 Å². The van der Waals surface area contributed by atoms with Gasteiger partial charge in [-0.1, -0.05) is 42.5 Å². The number of ketones is 1. The minimum atomic E-state index is -0.494. The number of Topliss-reactive ketones (excluding diaryl/α,β-unsaturated/α-hetero) is 1. The smallest absolute Gasteiger partial charge is 0.338 e. The van der Waals surface area contributed by atoms with E-state index in [0.29, 0.717) is 16.9 Å². The number of esters is 2. The minimum Gasteiger partial charge on any atom is -0.462 e. The molecule has 31 heavy (non-hydrogen) atoms. The van der Waals surface area contributed by atoms with Gasteiger partial charge in [0.2, 0.25) is 0 Å². The largest absolute Gasteiger partial charge is 0.462 e. The molecule has 0 amide bonds. The van der Waals surface area contributed by atoms with Gasteiger partial charge in [0, 0.05) is 23.5 Å². The minimum absolute atomic E-state index is 0.00975. The van der Waals surface area contributed by atoms with Crippen LogP contribution < -0.4 is 0 Å². The van der Waals surface area contributed by atoms with Crippen LogP contribution in [0.1, 0.15) is 39.3 Å². The van der Waals surface area contributed by atoms with E-state index in [0.717, 1.165) is 15.7 Å². The summed E-state index contributed by atoms with van der Waals surface area (Å²) in [6, 6.07) is 18.6. The molecule has 0 unspecified atom stereocenters. The summed E-state index contributed by atoms with van der Waals surface area (Å²) < 4.78 is 12.2. The number of carbonyl (C=O) groups is 3. The normalized spacial score (nSPS) is 23.7. The molecule has 1 aromatic heterocycles. The van der Waals surface area contributed by atoms with Gasteiger partial charge in [-0.25, -0.2) is 4.79 Å². The number of hydrogen-bond acceptors (Lipinski definition) is 6. The maximum atomic E-state index is 12.8. The van der Waals surface area contributed by atoms with Crippen molar-refractivity contribution in [1.29, 1.82) is 0 Å². The number of allylic oxidation sites excluding steroid dienone is 1. The fourth-order valence-corrected chi connectivity index (χ4v) is 5.35. The number of thiophene rings is 1. The van der Waals surface area contributed by atoms with Gasteiger partial charge in [0.1, 0.15) is 12.2 Å². The lowest BCUT2D eigenvalue weighted by molar-refractivity contribution is -0.141. The van der Waals surface area contributed by atoms with E-state index in [9.17, 15) is 14.4 Å². The summed E-state index contributed by atoms with van der Waals surface area (Å²) >= 11 is 1.47. The van der Waals surface area contributed by atoms with Crippen molar-refractivity contribution in [3.8, 4) is 0 Å². The molecule has 1 saturated heterocycles. The molecule has 2 heterocycles. The number of hydrogen-bond donors (Lipinski definition) is 0. The Bertz CT molecular complexity index is 1160. The number of ether oxygens (including phenoxy) is 2. The van der Waals surface area contributed by atoms with Crippen LogP contribution in [0, 0.1) is 5.92 Å². The first-order valence-corrected chi connectivity index (χ1v) is 11.1. The molecule has 6 heteroatoms. The Morgan fingerprint density at radius 2 is 1.87 bits per heavy atom. The number of benzene rings is 2. The van der Waals surface area contributed by atoms with Crippen LogP contribution in [0.2, 0.25) is 0 Å². The summed E-state index contributed by atoms with van der Waals surface area (Å²) in [5.74, 6) is -0.796. The molecule has 3 atom stereocenters. The first kappa shape index (κ1) is 19.7. The topological polar surface area (TPSA) is 69.7 Å². The second-order valence-corrected chi connectivity index (χ2v) is 8.90. The van der Waals surface area contributed by atoms with Gasteiger partial charge in [0.15, 0.2) is 5.78 Å². The zero-order valence-corrected chi connectivity index (χ0v) is 17.5. The van der Waals surface area contributed by atoms with E-state index >= 15 is 0 Å². The highest BCUT2D eigenvalue weighted by Gasteiger charge is 2.48. The standard InChI is InChI=1S/C25H20O5S/c26-19(23-12-16-8-4-5-9-22(16)31-23)11-10-17-18-13-24(27)29-21(18)14-20(17)30-25(28)15-6-2-1-3-7-15/h1-10,12,18,20-21H,11,13-14H2/t18-,20-,21+/m1/s1. The number of carbonyl (C=O) groups excluding carboxylic acids is 3. The summed E-state index contributed by atoms with van der Waals surface area (Å²) in [6.07, 6.45) is 1.92. The van der Waals surface area contributed by atoms with Crippen LogP contribution in [0.15, 0.2) is 72.3 Å². The summed E-state index contributed by atoms with van der Waals surface area (Å²) in [6.45, 7) is 0. The van der Waals surface area contributed by atoms with Crippen LogP contribution in [0.4, 0.5) is 0 Å². The second-order valence-electron chi connectivity index (χ2n) is 7.81. The molecule has 1 saturated carbocycles. The summed E-state index contributed by atoms with van der Waals surface area (Å²) in [5, 5.41) is 1.05. The molecule has 0 bridgehead atoms. The van der Waals surface area contributed by atoms with Gasteiger partial charge >= 0.3 is 11.9 Å². The molecule has 2 aliphatic rings. The number of fused-ring (bicyclic) bond motifs is 2. The summed E-state index contributed by atoms with van der Waals surface area (Å²) in [7, 11) is 0. The third-order valence-electron chi connectivity index (χ3n) is 5.85. The molecule has 0 N–H and O–H groups in total. The summed E-state index contributed by atoms with van der Waals surface area (Å²) in [4.78, 5) is 37.9. The van der Waals surface area contributed by atoms with Crippen LogP contribution in [-0.4, -0.2) is 29.9 Å². The van der Waals surface area contributed by atoms with Crippen molar-refractivity contribution in [1.82, 2.24) is 0 Å². The van der Waals surface area contributed by atoms with Crippen LogP contribution >= 0.6 is 11.3 Å². The van der Waals surface area contributed by atoms with Crippen molar-refractivity contribution in [2.45, 2.75) is 31.5 Å². The first-order chi connectivity index (χ1) is 15.1. The van der Waals surface area contributed by atoms with Crippen LogP contribution in [0.3, 0.4) is 0 Å². The van der Waals surface area contributed by atoms with E-state index in [1.54, 1.807) is 24.3 Å². The van der Waals surface area contributed by atoms with Crippen LogP contribution in [0.5, 0.6) is 0 Å². The van der Waals surface area contributed by atoms with Gasteiger partial charge in [-0.2, -0.15) is 0 Å². The van der Waals surface area contributed by atoms with Crippen LogP contribution in [-0.2, 0) is 14.3 Å². The zero-order valence-electron chi connectivity index (χ0n) is 16.7. The Labute approximate surface area is 183 Å². The van der Waals surface area contributed by atoms with Gasteiger partial charge in [-0.15, -0.1) is 11.3 Å². The molecular formula is C25H20O5S. The molecule has 5 rings (SSSR count). The summed E-state index contributed by atoms with van der Waals surface area (Å²) in [5.41, 5.74) is 1.28. The maximum absolute atomic E-state index is 12.8. The molecule has 1 aliphatic carbocycles. The SMILES string of the molecule is O=C1C[C@@H]2C(=CCC(=O)c3cc4ccccc4s3)[C@H](OC(=O)c3ccccc3)C[C@@H]2O1. The van der Waals surface area contributed by atoms with Gasteiger partial charge in [-0.05, 0) is 35.2 Å². The van der Waals surface area contributed by atoms with E-state index in [-0.39, 0.29) is 36.6 Å². The third kappa shape index (κ3) is 3.91. The zero-order chi connectivity index (χ0) is 21.4. The van der Waals surface area contributed by atoms with E-state index in [2.05, 4.69) is 0 Å². The van der Waals surface area contributed by atoms with Crippen molar-refractivity contribution < 1.29 is 23.9 Å². The lowest BCUT2D eigenvalue weighted by Gasteiger charge is -2.16. The van der Waals surface area contributed by atoms with Gasteiger partial charge in [-0.3, -0.25) is 9.59 Å². The Hall–Kier alpha value is -3.25. The first-order valence-electron chi connectivity index (χ1n) is 10.3. The van der Waals surface area contributed by atoms with Crippen molar-refractivity contribution >= 4 is 39.1 Å². The average Bonchev–Trinajstić information content (AvgIpc) is 3.45. The number of rotatable bonds is 5. The van der Waals surface area contributed by atoms with Gasteiger partial charge in [0.05, 0.1) is 16.9 Å². The highest BCUT2D eigenvalue weighted by Crippen LogP contribution is 2.43. The van der Waals surface area contributed by atoms with E-state index in [4.69, 9.17) is 9.47 Å². The van der Waals surface area contributed by atoms with Crippen molar-refractivity contribution in [3.63, 3.8) is 0 Å². The Kier molecular flexibility index (Phi) is 5.16. The molecular weight excluding hydrogens is 412 g/mol. The third-order valence-corrected chi connectivity index (χ3v) is 7.00. The predicted octanol–water partition coefficient (Wildman–Crippen LogP) is 4.96. The van der Waals surface area contributed by atoms with Gasteiger partial charge in [0.25, 0.3) is 0 Å². The molecule has 156 valence electrons. The Morgan fingerprint density at radius 1 is 1.10 bits per heavy atom. The highest BCUT2D eigenvalue weighted by atomic mass is 32.1. The molecule has 0 spiro atoms. The molecule has 1 aliphatic heterocycles. The Balaban J connectivity index is 1.36. The highest BCUT2D eigenvalue weighted by molar-refractivity contribution is 7.20. The lowest BCUT2D eigenvalue weighted by Crippen LogP contribution is -2.19. The average molecular weight is 432 g/mol. The molecule has 2 aromatic carbocycles.